The smallest absolute Gasteiger partial charge is 0.395 e. The first-order valence-electron chi connectivity index (χ1n) is 5.00. The van der Waals surface area contributed by atoms with Gasteiger partial charge in [-0.05, 0) is 12.8 Å². The van der Waals surface area contributed by atoms with Gasteiger partial charge in [0.15, 0.2) is 11.5 Å². The van der Waals surface area contributed by atoms with Crippen LogP contribution in [0.25, 0.3) is 0 Å². The van der Waals surface area contributed by atoms with Gasteiger partial charge in [0.1, 0.15) is 0 Å². The lowest BCUT2D eigenvalue weighted by atomic mass is 9.87. The molecule has 0 spiro atoms. The third kappa shape index (κ3) is 1.95. The van der Waals surface area contributed by atoms with Crippen LogP contribution >= 0.6 is 15.9 Å². The molecule has 1 aromatic heterocycles. The van der Waals surface area contributed by atoms with Gasteiger partial charge >= 0.3 is 5.82 Å². The molecule has 1 aliphatic rings. The van der Waals surface area contributed by atoms with Crippen molar-refractivity contribution in [2.75, 3.05) is 0 Å². The van der Waals surface area contributed by atoms with Gasteiger partial charge in [-0.3, -0.25) is 0 Å². The summed E-state index contributed by atoms with van der Waals surface area (Å²) in [4.78, 5) is 11.0. The topological polar surface area (TPSA) is 43.4 Å². The lowest BCUT2D eigenvalue weighted by Gasteiger charge is -2.18. The zero-order valence-electron chi connectivity index (χ0n) is 7.92. The van der Waals surface area contributed by atoms with Crippen molar-refractivity contribution in [3.05, 3.63) is 22.1 Å². The van der Waals surface area contributed by atoms with Gasteiger partial charge in [0.05, 0.1) is 5.33 Å². The molecule has 1 aliphatic carbocycles. The number of hydrogen-bond donors (Lipinski definition) is 0. The summed E-state index contributed by atoms with van der Waals surface area (Å²) in [6.07, 6.45) is 5.97. The van der Waals surface area contributed by atoms with Crippen LogP contribution in [0.2, 0.25) is 0 Å². The molecule has 4 heteroatoms. The van der Waals surface area contributed by atoms with Gasteiger partial charge in [0, 0.05) is 5.92 Å². The van der Waals surface area contributed by atoms with Crippen LogP contribution in [-0.4, -0.2) is 0 Å². The molecule has 14 heavy (non-hydrogen) atoms. The van der Waals surface area contributed by atoms with Crippen molar-refractivity contribution in [3.63, 3.8) is 0 Å². The van der Waals surface area contributed by atoms with Gasteiger partial charge in [-0.25, -0.2) is 4.79 Å². The van der Waals surface area contributed by atoms with E-state index in [4.69, 9.17) is 8.83 Å². The minimum atomic E-state index is -0.569. The number of alkyl halides is 1. The Bertz CT molecular complexity index is 346. The highest BCUT2D eigenvalue weighted by Gasteiger charge is 2.23. The average molecular weight is 261 g/mol. The second-order valence-electron chi connectivity index (χ2n) is 3.71. The lowest BCUT2D eigenvalue weighted by molar-refractivity contribution is 0.337. The van der Waals surface area contributed by atoms with Crippen LogP contribution in [0, 0.1) is 0 Å². The van der Waals surface area contributed by atoms with Gasteiger partial charge in [-0.15, -0.1) is 0 Å². The van der Waals surface area contributed by atoms with Crippen LogP contribution in [0.5, 0.6) is 0 Å². The van der Waals surface area contributed by atoms with Crippen LogP contribution in [0.4, 0.5) is 0 Å². The summed E-state index contributed by atoms with van der Waals surface area (Å²) in [7, 11) is 0. The Morgan fingerprint density at radius 3 is 2.57 bits per heavy atom. The summed E-state index contributed by atoms with van der Waals surface area (Å²) in [6, 6.07) is 0. The molecular formula is C10H13BrO3. The zero-order valence-corrected chi connectivity index (χ0v) is 9.51. The Morgan fingerprint density at radius 2 is 1.93 bits per heavy atom. The quantitative estimate of drug-likeness (QED) is 0.768. The molecule has 0 saturated heterocycles. The standard InChI is InChI=1S/C10H13BrO3/c11-6-8-9(14-10(12)13-8)7-4-2-1-3-5-7/h7H,1-6H2. The van der Waals surface area contributed by atoms with E-state index in [1.807, 2.05) is 0 Å². The highest BCUT2D eigenvalue weighted by molar-refractivity contribution is 9.08. The van der Waals surface area contributed by atoms with Crippen molar-refractivity contribution < 1.29 is 8.83 Å². The highest BCUT2D eigenvalue weighted by Crippen LogP contribution is 2.34. The first-order valence-corrected chi connectivity index (χ1v) is 6.12. The molecule has 1 aromatic rings. The maximum atomic E-state index is 11.0. The van der Waals surface area contributed by atoms with E-state index in [9.17, 15) is 4.79 Å². The summed E-state index contributed by atoms with van der Waals surface area (Å²) in [6.45, 7) is 0. The van der Waals surface area contributed by atoms with E-state index in [2.05, 4.69) is 15.9 Å². The highest BCUT2D eigenvalue weighted by atomic mass is 79.9. The molecule has 1 fully saturated rings. The summed E-state index contributed by atoms with van der Waals surface area (Å²) in [5, 5.41) is 0.560. The average Bonchev–Trinajstić information content (AvgIpc) is 2.61. The molecule has 0 aromatic carbocycles. The van der Waals surface area contributed by atoms with Crippen molar-refractivity contribution in [2.24, 2.45) is 0 Å². The first kappa shape index (κ1) is 10.0. The Morgan fingerprint density at radius 1 is 1.21 bits per heavy atom. The van der Waals surface area contributed by atoms with E-state index in [0.29, 0.717) is 17.0 Å². The van der Waals surface area contributed by atoms with E-state index >= 15 is 0 Å². The molecule has 0 unspecified atom stereocenters. The molecule has 1 heterocycles. The molecule has 0 amide bonds. The minimum absolute atomic E-state index is 0.391. The summed E-state index contributed by atoms with van der Waals surface area (Å²) < 4.78 is 10.0. The Kier molecular flexibility index (Phi) is 3.11. The third-order valence-electron chi connectivity index (χ3n) is 2.77. The van der Waals surface area contributed by atoms with Crippen molar-refractivity contribution in [3.8, 4) is 0 Å². The van der Waals surface area contributed by atoms with Gasteiger partial charge in [0.2, 0.25) is 0 Å². The monoisotopic (exact) mass is 260 g/mol. The van der Waals surface area contributed by atoms with Gasteiger partial charge in [0.25, 0.3) is 0 Å². The molecule has 1 saturated carbocycles. The maximum Gasteiger partial charge on any atom is 0.519 e. The van der Waals surface area contributed by atoms with E-state index in [-0.39, 0.29) is 0 Å². The van der Waals surface area contributed by atoms with Crippen LogP contribution < -0.4 is 5.82 Å². The molecule has 0 radical (unpaired) electrons. The lowest BCUT2D eigenvalue weighted by Crippen LogP contribution is -2.05. The minimum Gasteiger partial charge on any atom is -0.395 e. The van der Waals surface area contributed by atoms with Crippen molar-refractivity contribution >= 4 is 15.9 Å². The third-order valence-corrected chi connectivity index (χ3v) is 3.28. The fraction of sp³-hybridized carbons (Fsp3) is 0.700. The molecule has 0 N–H and O–H groups in total. The summed E-state index contributed by atoms with van der Waals surface area (Å²) in [5.74, 6) is 1.26. The van der Waals surface area contributed by atoms with Crippen LogP contribution in [0.3, 0.4) is 0 Å². The Hall–Kier alpha value is -0.510. The van der Waals surface area contributed by atoms with E-state index in [0.717, 1.165) is 18.6 Å². The SMILES string of the molecule is O=c1oc(CBr)c(C2CCCCC2)o1. The zero-order chi connectivity index (χ0) is 9.97. The van der Waals surface area contributed by atoms with Crippen LogP contribution in [-0.2, 0) is 5.33 Å². The predicted molar refractivity (Wildman–Crippen MR) is 55.7 cm³/mol. The van der Waals surface area contributed by atoms with Crippen molar-refractivity contribution in [2.45, 2.75) is 43.4 Å². The van der Waals surface area contributed by atoms with Crippen LogP contribution in [0.15, 0.2) is 13.6 Å². The first-order chi connectivity index (χ1) is 6.81. The number of rotatable bonds is 2. The Balaban J connectivity index is 2.24. The van der Waals surface area contributed by atoms with Gasteiger partial charge < -0.3 is 8.83 Å². The second-order valence-corrected chi connectivity index (χ2v) is 4.27. The van der Waals surface area contributed by atoms with Crippen molar-refractivity contribution in [1.82, 2.24) is 0 Å². The van der Waals surface area contributed by atoms with Crippen LogP contribution in [0.1, 0.15) is 49.5 Å². The number of hydrogen-bond acceptors (Lipinski definition) is 3. The van der Waals surface area contributed by atoms with E-state index < -0.39 is 5.82 Å². The fourth-order valence-electron chi connectivity index (χ4n) is 2.09. The molecule has 2 rings (SSSR count). The van der Waals surface area contributed by atoms with E-state index in [1.165, 1.54) is 19.3 Å². The van der Waals surface area contributed by atoms with Gasteiger partial charge in [-0.2, -0.15) is 0 Å². The molecule has 0 bridgehead atoms. The second kappa shape index (κ2) is 4.34. The molecule has 78 valence electrons. The van der Waals surface area contributed by atoms with Crippen molar-refractivity contribution in [1.29, 1.82) is 0 Å². The fourth-order valence-corrected chi connectivity index (χ4v) is 2.48. The predicted octanol–water partition coefficient (Wildman–Crippen LogP) is 3.18. The van der Waals surface area contributed by atoms with E-state index in [1.54, 1.807) is 0 Å². The summed E-state index contributed by atoms with van der Waals surface area (Å²) >= 11 is 3.30. The largest absolute Gasteiger partial charge is 0.519 e. The molecular weight excluding hydrogens is 248 g/mol. The molecule has 0 atom stereocenters. The molecule has 3 nitrogen and oxygen atoms in total. The Labute approximate surface area is 90.6 Å². The number of halogens is 1. The van der Waals surface area contributed by atoms with Gasteiger partial charge in [-0.1, -0.05) is 35.2 Å². The maximum absolute atomic E-state index is 11.0. The molecule has 0 aliphatic heterocycles. The summed E-state index contributed by atoms with van der Waals surface area (Å²) in [5.41, 5.74) is 0. The normalized spacial score (nSPS) is 18.6.